The summed E-state index contributed by atoms with van der Waals surface area (Å²) >= 11 is 3.45. The number of anilines is 1. The van der Waals surface area contributed by atoms with Crippen molar-refractivity contribution in [2.24, 2.45) is 5.73 Å². The summed E-state index contributed by atoms with van der Waals surface area (Å²) < 4.78 is 14.0. The molecule has 0 saturated carbocycles. The number of halogens is 2. The van der Waals surface area contributed by atoms with E-state index in [4.69, 9.17) is 5.73 Å². The quantitative estimate of drug-likeness (QED) is 0.864. The van der Waals surface area contributed by atoms with Crippen molar-refractivity contribution in [3.05, 3.63) is 63.9 Å². The van der Waals surface area contributed by atoms with Crippen LogP contribution < -0.4 is 10.6 Å². The first kappa shape index (κ1) is 16.0. The van der Waals surface area contributed by atoms with Crippen molar-refractivity contribution >= 4 is 21.6 Å². The van der Waals surface area contributed by atoms with Crippen molar-refractivity contribution in [2.45, 2.75) is 19.9 Å². The highest BCUT2D eigenvalue weighted by Gasteiger charge is 2.20. The highest BCUT2D eigenvalue weighted by atomic mass is 79.9. The molecule has 112 valence electrons. The number of rotatable bonds is 5. The van der Waals surface area contributed by atoms with Gasteiger partial charge in [-0.2, -0.15) is 0 Å². The summed E-state index contributed by atoms with van der Waals surface area (Å²) in [4.78, 5) is 2.23. The minimum Gasteiger partial charge on any atom is -0.363 e. The maximum Gasteiger partial charge on any atom is 0.124 e. The van der Waals surface area contributed by atoms with E-state index in [1.807, 2.05) is 0 Å². The average Bonchev–Trinajstić information content (AvgIpc) is 2.47. The molecule has 0 aromatic heterocycles. The molecule has 0 radical (unpaired) electrons. The fraction of sp³-hybridized carbons (Fsp3) is 0.294. The van der Waals surface area contributed by atoms with Gasteiger partial charge in [-0.05, 0) is 43.7 Å². The lowest BCUT2D eigenvalue weighted by atomic mass is 10.0. The fourth-order valence-corrected chi connectivity index (χ4v) is 3.13. The van der Waals surface area contributed by atoms with Crippen LogP contribution in [-0.4, -0.2) is 13.1 Å². The number of benzene rings is 2. The number of hydrogen-bond donors (Lipinski definition) is 1. The Hall–Kier alpha value is -1.39. The van der Waals surface area contributed by atoms with E-state index in [0.717, 1.165) is 22.3 Å². The molecule has 0 saturated heterocycles. The molecule has 0 amide bonds. The third-order valence-electron chi connectivity index (χ3n) is 3.63. The lowest BCUT2D eigenvalue weighted by molar-refractivity contribution is 0.615. The molecule has 0 heterocycles. The van der Waals surface area contributed by atoms with Gasteiger partial charge in [0.05, 0.1) is 6.04 Å². The van der Waals surface area contributed by atoms with Crippen LogP contribution in [0.25, 0.3) is 0 Å². The minimum atomic E-state index is -0.250. The second-order valence-electron chi connectivity index (χ2n) is 5.04. The zero-order valence-corrected chi connectivity index (χ0v) is 13.9. The smallest absolute Gasteiger partial charge is 0.124 e. The molecule has 0 aliphatic heterocycles. The molecule has 0 aliphatic rings. The summed E-state index contributed by atoms with van der Waals surface area (Å²) in [6.45, 7) is 5.46. The van der Waals surface area contributed by atoms with Crippen LogP contribution in [0.15, 0.2) is 46.9 Å². The number of hydrogen-bond acceptors (Lipinski definition) is 2. The van der Waals surface area contributed by atoms with Crippen molar-refractivity contribution in [3.63, 3.8) is 0 Å². The number of nitrogens with zero attached hydrogens (tertiary/aromatic N) is 1. The Morgan fingerprint density at radius 1 is 1.19 bits per heavy atom. The third kappa shape index (κ3) is 3.63. The standard InChI is InChI=1S/C17H20BrFN2/c1-3-21(14-7-4-12(2)5-8-14)17(11-20)15-9-6-13(19)10-16(15)18/h4-10,17H,3,11,20H2,1-2H3. The van der Waals surface area contributed by atoms with Crippen LogP contribution in [0.4, 0.5) is 10.1 Å². The second kappa shape index (κ2) is 7.05. The summed E-state index contributed by atoms with van der Waals surface area (Å²) in [5, 5.41) is 0. The first-order chi connectivity index (χ1) is 10.1. The van der Waals surface area contributed by atoms with Gasteiger partial charge in [0.15, 0.2) is 0 Å². The molecule has 0 spiro atoms. The molecule has 1 atom stereocenters. The van der Waals surface area contributed by atoms with Crippen LogP contribution in [0.3, 0.4) is 0 Å². The maximum absolute atomic E-state index is 13.3. The van der Waals surface area contributed by atoms with Gasteiger partial charge >= 0.3 is 0 Å². The molecule has 0 fully saturated rings. The van der Waals surface area contributed by atoms with Gasteiger partial charge in [-0.15, -0.1) is 0 Å². The Morgan fingerprint density at radius 2 is 1.86 bits per heavy atom. The normalized spacial score (nSPS) is 12.2. The van der Waals surface area contributed by atoms with Gasteiger partial charge in [0.1, 0.15) is 5.82 Å². The number of aryl methyl sites for hydroxylation is 1. The van der Waals surface area contributed by atoms with Gasteiger partial charge in [-0.3, -0.25) is 0 Å². The maximum atomic E-state index is 13.3. The van der Waals surface area contributed by atoms with Gasteiger partial charge in [0, 0.05) is 23.2 Å². The largest absolute Gasteiger partial charge is 0.363 e. The summed E-state index contributed by atoms with van der Waals surface area (Å²) in [6, 6.07) is 13.1. The number of likely N-dealkylation sites (N-methyl/N-ethyl adjacent to an activating group) is 1. The van der Waals surface area contributed by atoms with Crippen LogP contribution in [-0.2, 0) is 0 Å². The lowest BCUT2D eigenvalue weighted by Crippen LogP contribution is -2.34. The topological polar surface area (TPSA) is 29.3 Å². The van der Waals surface area contributed by atoms with Gasteiger partial charge in [-0.1, -0.05) is 39.7 Å². The van der Waals surface area contributed by atoms with E-state index in [1.165, 1.54) is 17.7 Å². The molecular weight excluding hydrogens is 331 g/mol. The van der Waals surface area contributed by atoms with Crippen molar-refractivity contribution < 1.29 is 4.39 Å². The Bertz CT molecular complexity index is 598. The van der Waals surface area contributed by atoms with Crippen LogP contribution in [0, 0.1) is 12.7 Å². The van der Waals surface area contributed by atoms with Crippen LogP contribution >= 0.6 is 15.9 Å². The van der Waals surface area contributed by atoms with Crippen LogP contribution in [0.2, 0.25) is 0 Å². The minimum absolute atomic E-state index is 0.00711. The van der Waals surface area contributed by atoms with E-state index in [-0.39, 0.29) is 11.9 Å². The zero-order valence-electron chi connectivity index (χ0n) is 12.3. The van der Waals surface area contributed by atoms with Crippen LogP contribution in [0.1, 0.15) is 24.1 Å². The summed E-state index contributed by atoms with van der Waals surface area (Å²) in [6.07, 6.45) is 0. The van der Waals surface area contributed by atoms with E-state index in [0.29, 0.717) is 6.54 Å². The van der Waals surface area contributed by atoms with Crippen molar-refractivity contribution in [1.29, 1.82) is 0 Å². The first-order valence-electron chi connectivity index (χ1n) is 7.05. The van der Waals surface area contributed by atoms with Gasteiger partial charge < -0.3 is 10.6 Å². The van der Waals surface area contributed by atoms with Crippen molar-refractivity contribution in [2.75, 3.05) is 18.0 Å². The molecule has 2 rings (SSSR count). The average molecular weight is 351 g/mol. The van der Waals surface area contributed by atoms with Gasteiger partial charge in [0.25, 0.3) is 0 Å². The van der Waals surface area contributed by atoms with E-state index in [2.05, 4.69) is 58.9 Å². The zero-order chi connectivity index (χ0) is 15.4. The fourth-order valence-electron chi connectivity index (χ4n) is 2.51. The lowest BCUT2D eigenvalue weighted by Gasteiger charge is -2.33. The molecule has 2 N–H and O–H groups in total. The summed E-state index contributed by atoms with van der Waals surface area (Å²) in [7, 11) is 0. The third-order valence-corrected chi connectivity index (χ3v) is 4.31. The molecule has 2 nitrogen and oxygen atoms in total. The predicted molar refractivity (Wildman–Crippen MR) is 90.1 cm³/mol. The van der Waals surface area contributed by atoms with Gasteiger partial charge in [0.2, 0.25) is 0 Å². The molecular formula is C17H20BrFN2. The molecule has 1 unspecified atom stereocenters. The summed E-state index contributed by atoms with van der Waals surface area (Å²) in [5.74, 6) is -0.250. The Balaban J connectivity index is 2.39. The van der Waals surface area contributed by atoms with E-state index in [9.17, 15) is 4.39 Å². The number of nitrogens with two attached hydrogens (primary N) is 1. The highest BCUT2D eigenvalue weighted by Crippen LogP contribution is 2.31. The molecule has 4 heteroatoms. The van der Waals surface area contributed by atoms with E-state index < -0.39 is 0 Å². The first-order valence-corrected chi connectivity index (χ1v) is 7.84. The van der Waals surface area contributed by atoms with E-state index in [1.54, 1.807) is 6.07 Å². The monoisotopic (exact) mass is 350 g/mol. The molecule has 2 aromatic rings. The summed E-state index contributed by atoms with van der Waals surface area (Å²) in [5.41, 5.74) is 9.34. The Labute approximate surface area is 133 Å². The SMILES string of the molecule is CCN(c1ccc(C)cc1)C(CN)c1ccc(F)cc1Br. The van der Waals surface area contributed by atoms with Crippen molar-refractivity contribution in [3.8, 4) is 0 Å². The molecule has 21 heavy (non-hydrogen) atoms. The molecule has 0 bridgehead atoms. The second-order valence-corrected chi connectivity index (χ2v) is 5.89. The van der Waals surface area contributed by atoms with E-state index >= 15 is 0 Å². The Kier molecular flexibility index (Phi) is 5.37. The Morgan fingerprint density at radius 3 is 2.38 bits per heavy atom. The molecule has 2 aromatic carbocycles. The predicted octanol–water partition coefficient (Wildman–Crippen LogP) is 4.42. The van der Waals surface area contributed by atoms with Crippen LogP contribution in [0.5, 0.6) is 0 Å². The highest BCUT2D eigenvalue weighted by molar-refractivity contribution is 9.10. The van der Waals surface area contributed by atoms with Gasteiger partial charge in [-0.25, -0.2) is 4.39 Å². The molecule has 0 aliphatic carbocycles. The van der Waals surface area contributed by atoms with Crippen molar-refractivity contribution in [1.82, 2.24) is 0 Å².